The third-order valence-electron chi connectivity index (χ3n) is 12.8. The molecule has 1 aromatic heterocycles. The monoisotopic (exact) mass is 759 g/mol. The standard InChI is InChI=1S/C57H45NO/c1-56(2,3)41-26-21-36(22-27-41)37-23-28-42(29-24-37)58(43-30-31-49-48(35-43)47-33-39-14-6-7-15-40(39)34-50(47)57(49,4)5)51-32-25-38-13-8-9-16-44(38)54(51)46-18-12-20-53-55(46)45-17-10-11-19-52(45)59-53/h6-35H,1-5H3. The molecular formula is C57H45NO. The molecule has 59 heavy (non-hydrogen) atoms. The van der Waals surface area contributed by atoms with Gasteiger partial charge < -0.3 is 9.32 Å². The third-order valence-corrected chi connectivity index (χ3v) is 12.8. The van der Waals surface area contributed by atoms with E-state index in [0.29, 0.717) is 0 Å². The summed E-state index contributed by atoms with van der Waals surface area (Å²) in [6.07, 6.45) is 0. The molecule has 0 unspecified atom stereocenters. The minimum absolute atomic E-state index is 0.103. The summed E-state index contributed by atoms with van der Waals surface area (Å²) in [4.78, 5) is 2.47. The summed E-state index contributed by atoms with van der Waals surface area (Å²) in [5, 5.41) is 7.19. The zero-order valence-electron chi connectivity index (χ0n) is 34.2. The zero-order chi connectivity index (χ0) is 40.0. The molecule has 0 spiro atoms. The number of rotatable bonds is 5. The summed E-state index contributed by atoms with van der Waals surface area (Å²) in [6, 6.07) is 67.2. The second-order valence-electron chi connectivity index (χ2n) is 17.8. The predicted molar refractivity (Wildman–Crippen MR) is 251 cm³/mol. The summed E-state index contributed by atoms with van der Waals surface area (Å²) in [7, 11) is 0. The van der Waals surface area contributed by atoms with Gasteiger partial charge in [0.05, 0.1) is 5.69 Å². The Balaban J connectivity index is 1.16. The second-order valence-corrected chi connectivity index (χ2v) is 17.8. The maximum atomic E-state index is 6.50. The number of furan rings is 1. The van der Waals surface area contributed by atoms with Crippen LogP contribution in [0.2, 0.25) is 0 Å². The van der Waals surface area contributed by atoms with Gasteiger partial charge in [0.15, 0.2) is 0 Å². The molecule has 1 heterocycles. The van der Waals surface area contributed by atoms with E-state index in [4.69, 9.17) is 4.42 Å². The summed E-state index contributed by atoms with van der Waals surface area (Å²) >= 11 is 0. The van der Waals surface area contributed by atoms with Crippen molar-refractivity contribution in [2.75, 3.05) is 4.90 Å². The quantitative estimate of drug-likeness (QED) is 0.174. The lowest BCUT2D eigenvalue weighted by Crippen LogP contribution is -2.15. The van der Waals surface area contributed by atoms with Gasteiger partial charge in [-0.25, -0.2) is 0 Å². The Labute approximate surface area is 346 Å². The van der Waals surface area contributed by atoms with Crippen molar-refractivity contribution in [3.8, 4) is 33.4 Å². The van der Waals surface area contributed by atoms with E-state index in [-0.39, 0.29) is 10.8 Å². The molecule has 284 valence electrons. The Hall–Kier alpha value is -6.90. The van der Waals surface area contributed by atoms with E-state index in [1.54, 1.807) is 0 Å². The van der Waals surface area contributed by atoms with Crippen LogP contribution in [-0.2, 0) is 10.8 Å². The fourth-order valence-electron chi connectivity index (χ4n) is 9.67. The van der Waals surface area contributed by atoms with Crippen LogP contribution in [0.4, 0.5) is 17.1 Å². The van der Waals surface area contributed by atoms with Gasteiger partial charge in [-0.2, -0.15) is 0 Å². The van der Waals surface area contributed by atoms with Crippen LogP contribution in [-0.4, -0.2) is 0 Å². The predicted octanol–water partition coefficient (Wildman–Crippen LogP) is 16.3. The lowest BCUT2D eigenvalue weighted by atomic mass is 9.82. The van der Waals surface area contributed by atoms with Crippen LogP contribution in [0.25, 0.3) is 76.9 Å². The van der Waals surface area contributed by atoms with Gasteiger partial charge in [0.25, 0.3) is 0 Å². The molecule has 1 aliphatic carbocycles. The van der Waals surface area contributed by atoms with Crippen LogP contribution in [0.1, 0.15) is 51.3 Å². The SMILES string of the molecule is CC(C)(C)c1ccc(-c2ccc(N(c3ccc4c(c3)-c3cc5ccccc5cc3C4(C)C)c3ccc4ccccc4c3-c3cccc4oc5ccccc5c34)cc2)cc1. The van der Waals surface area contributed by atoms with Gasteiger partial charge in [0.1, 0.15) is 11.2 Å². The highest BCUT2D eigenvalue weighted by atomic mass is 16.3. The van der Waals surface area contributed by atoms with Crippen LogP contribution < -0.4 is 4.90 Å². The molecule has 0 bridgehead atoms. The maximum absolute atomic E-state index is 6.50. The number of fused-ring (bicyclic) bond motifs is 8. The molecule has 0 aliphatic heterocycles. The maximum Gasteiger partial charge on any atom is 0.136 e. The number of nitrogens with zero attached hydrogens (tertiary/aromatic N) is 1. The first kappa shape index (κ1) is 35.3. The number of anilines is 3. The molecule has 0 fully saturated rings. The Bertz CT molecular complexity index is 3270. The Morgan fingerprint density at radius 1 is 0.458 bits per heavy atom. The highest BCUT2D eigenvalue weighted by Gasteiger charge is 2.36. The van der Waals surface area contributed by atoms with E-state index < -0.39 is 0 Å². The van der Waals surface area contributed by atoms with Gasteiger partial charge in [0.2, 0.25) is 0 Å². The normalized spacial score (nSPS) is 13.3. The highest BCUT2D eigenvalue weighted by Crippen LogP contribution is 2.53. The van der Waals surface area contributed by atoms with Crippen molar-refractivity contribution in [2.45, 2.75) is 45.4 Å². The van der Waals surface area contributed by atoms with E-state index in [1.807, 2.05) is 6.07 Å². The number of hydrogen-bond acceptors (Lipinski definition) is 2. The van der Waals surface area contributed by atoms with Gasteiger partial charge in [-0.1, -0.05) is 162 Å². The van der Waals surface area contributed by atoms with E-state index in [2.05, 4.69) is 215 Å². The van der Waals surface area contributed by atoms with E-state index >= 15 is 0 Å². The van der Waals surface area contributed by atoms with E-state index in [1.165, 1.54) is 66.1 Å². The van der Waals surface area contributed by atoms with Crippen LogP contribution in [0.5, 0.6) is 0 Å². The van der Waals surface area contributed by atoms with Crippen LogP contribution in [0.15, 0.2) is 186 Å². The molecule has 0 radical (unpaired) electrons. The topological polar surface area (TPSA) is 16.4 Å². The number of para-hydroxylation sites is 1. The zero-order valence-corrected chi connectivity index (χ0v) is 34.2. The summed E-state index contributed by atoms with van der Waals surface area (Å²) in [5.74, 6) is 0. The highest BCUT2D eigenvalue weighted by molar-refractivity contribution is 6.18. The van der Waals surface area contributed by atoms with Crippen molar-refractivity contribution in [1.29, 1.82) is 0 Å². The first-order chi connectivity index (χ1) is 28.6. The minimum Gasteiger partial charge on any atom is -0.456 e. The fraction of sp³-hybridized carbons (Fsp3) is 0.123. The van der Waals surface area contributed by atoms with Crippen molar-refractivity contribution < 1.29 is 4.42 Å². The van der Waals surface area contributed by atoms with E-state index in [9.17, 15) is 0 Å². The molecular weight excluding hydrogens is 715 g/mol. The molecule has 0 saturated carbocycles. The van der Waals surface area contributed by atoms with Crippen LogP contribution in [0.3, 0.4) is 0 Å². The molecule has 0 N–H and O–H groups in total. The molecule has 0 atom stereocenters. The van der Waals surface area contributed by atoms with Gasteiger partial charge in [0, 0.05) is 33.1 Å². The van der Waals surface area contributed by atoms with Crippen LogP contribution >= 0.6 is 0 Å². The molecule has 2 heteroatoms. The first-order valence-corrected chi connectivity index (χ1v) is 20.8. The van der Waals surface area contributed by atoms with Crippen molar-refractivity contribution in [2.24, 2.45) is 0 Å². The lowest BCUT2D eigenvalue weighted by Gasteiger charge is -2.30. The summed E-state index contributed by atoms with van der Waals surface area (Å²) in [5.41, 5.74) is 16.5. The van der Waals surface area contributed by atoms with Crippen molar-refractivity contribution in [1.82, 2.24) is 0 Å². The summed E-state index contributed by atoms with van der Waals surface area (Å²) < 4.78 is 6.50. The lowest BCUT2D eigenvalue weighted by molar-refractivity contribution is 0.590. The van der Waals surface area contributed by atoms with Crippen molar-refractivity contribution in [3.63, 3.8) is 0 Å². The molecule has 9 aromatic carbocycles. The first-order valence-electron chi connectivity index (χ1n) is 20.8. The second kappa shape index (κ2) is 13.1. The Morgan fingerprint density at radius 2 is 1.07 bits per heavy atom. The third kappa shape index (κ3) is 5.62. The van der Waals surface area contributed by atoms with Crippen molar-refractivity contribution >= 4 is 60.5 Å². The largest absolute Gasteiger partial charge is 0.456 e. The molecule has 10 aromatic rings. The smallest absolute Gasteiger partial charge is 0.136 e. The number of hydrogen-bond donors (Lipinski definition) is 0. The van der Waals surface area contributed by atoms with Gasteiger partial charge in [-0.05, 0) is 126 Å². The molecule has 0 saturated heterocycles. The Morgan fingerprint density at radius 3 is 1.81 bits per heavy atom. The minimum atomic E-state index is -0.131. The molecule has 1 aliphatic rings. The van der Waals surface area contributed by atoms with Crippen molar-refractivity contribution in [3.05, 3.63) is 199 Å². The van der Waals surface area contributed by atoms with Gasteiger partial charge >= 0.3 is 0 Å². The van der Waals surface area contributed by atoms with Gasteiger partial charge in [-0.3, -0.25) is 0 Å². The number of benzene rings is 9. The average molecular weight is 760 g/mol. The average Bonchev–Trinajstić information content (AvgIpc) is 3.74. The summed E-state index contributed by atoms with van der Waals surface area (Å²) in [6.45, 7) is 11.5. The molecule has 11 rings (SSSR count). The van der Waals surface area contributed by atoms with Gasteiger partial charge in [-0.15, -0.1) is 0 Å². The molecule has 0 amide bonds. The van der Waals surface area contributed by atoms with Crippen LogP contribution in [0, 0.1) is 0 Å². The van der Waals surface area contributed by atoms with E-state index in [0.717, 1.165) is 44.6 Å². The molecule has 2 nitrogen and oxygen atoms in total. The Kier molecular flexibility index (Phi) is 7.81. The fourth-order valence-corrected chi connectivity index (χ4v) is 9.67.